The summed E-state index contributed by atoms with van der Waals surface area (Å²) in [4.78, 5) is 37.9. The maximum atomic E-state index is 12.4. The van der Waals surface area contributed by atoms with Crippen molar-refractivity contribution in [1.82, 2.24) is 4.90 Å². The number of carbonyl (C=O) groups excluding carboxylic acids is 3. The number of nitrogens with one attached hydrogen (secondary N) is 1. The van der Waals surface area contributed by atoms with Gasteiger partial charge in [0.15, 0.2) is 0 Å². The highest BCUT2D eigenvalue weighted by Crippen LogP contribution is 2.48. The number of hydrogen-bond acceptors (Lipinski definition) is 5. The van der Waals surface area contributed by atoms with E-state index >= 15 is 0 Å². The molecule has 7 nitrogen and oxygen atoms in total. The largest absolute Gasteiger partial charge is 0.447 e. The van der Waals surface area contributed by atoms with E-state index in [4.69, 9.17) is 21.1 Å². The molecule has 3 aliphatic rings. The van der Waals surface area contributed by atoms with Crippen LogP contribution < -0.4 is 5.32 Å². The van der Waals surface area contributed by atoms with Crippen LogP contribution in [0.15, 0.2) is 24.3 Å². The van der Waals surface area contributed by atoms with Crippen LogP contribution in [0.4, 0.5) is 10.5 Å². The first-order valence-electron chi connectivity index (χ1n) is 8.24. The van der Waals surface area contributed by atoms with Crippen molar-refractivity contribution in [2.45, 2.75) is 25.0 Å². The second-order valence-electron chi connectivity index (χ2n) is 6.44. The second-order valence-corrected chi connectivity index (χ2v) is 6.88. The van der Waals surface area contributed by atoms with Crippen LogP contribution in [0.3, 0.4) is 0 Å². The Morgan fingerprint density at radius 2 is 1.92 bits per heavy atom. The van der Waals surface area contributed by atoms with E-state index < -0.39 is 6.09 Å². The summed E-state index contributed by atoms with van der Waals surface area (Å²) in [5, 5.41) is 3.04. The number of likely N-dealkylation sites (tertiary alicyclic amines) is 1. The molecule has 0 spiro atoms. The van der Waals surface area contributed by atoms with Crippen molar-refractivity contribution in [3.63, 3.8) is 0 Å². The highest BCUT2D eigenvalue weighted by Gasteiger charge is 2.62. The molecule has 0 saturated carbocycles. The number of rotatable bonds is 4. The Morgan fingerprint density at radius 1 is 1.24 bits per heavy atom. The highest BCUT2D eigenvalue weighted by atomic mass is 35.5. The predicted octanol–water partition coefficient (Wildman–Crippen LogP) is 2.05. The number of anilines is 1. The zero-order chi connectivity index (χ0) is 17.6. The number of amides is 3. The lowest BCUT2D eigenvalue weighted by atomic mass is 9.81. The minimum absolute atomic E-state index is 0.0560. The molecule has 132 valence electrons. The molecule has 1 N–H and O–H groups in total. The van der Waals surface area contributed by atoms with Crippen LogP contribution in [0.2, 0.25) is 5.02 Å². The zero-order valence-corrected chi connectivity index (χ0v) is 14.1. The Morgan fingerprint density at radius 3 is 2.56 bits per heavy atom. The van der Waals surface area contributed by atoms with Crippen molar-refractivity contribution in [2.75, 3.05) is 18.5 Å². The molecule has 0 aliphatic carbocycles. The number of benzene rings is 1. The third-order valence-electron chi connectivity index (χ3n) is 4.99. The summed E-state index contributed by atoms with van der Waals surface area (Å²) in [6.07, 6.45) is 0.728. The first kappa shape index (κ1) is 16.4. The topological polar surface area (TPSA) is 84.9 Å². The number of imide groups is 1. The van der Waals surface area contributed by atoms with Crippen LogP contribution in [0.1, 0.15) is 12.8 Å². The van der Waals surface area contributed by atoms with Gasteiger partial charge >= 0.3 is 6.09 Å². The minimum Gasteiger partial charge on any atom is -0.447 e. The Balaban J connectivity index is 1.29. The lowest BCUT2D eigenvalue weighted by Crippen LogP contribution is -2.37. The second kappa shape index (κ2) is 6.31. The average molecular weight is 365 g/mol. The molecule has 25 heavy (non-hydrogen) atoms. The molecule has 4 atom stereocenters. The van der Waals surface area contributed by atoms with Gasteiger partial charge in [-0.3, -0.25) is 19.8 Å². The van der Waals surface area contributed by atoms with Gasteiger partial charge < -0.3 is 9.47 Å². The van der Waals surface area contributed by atoms with Gasteiger partial charge in [0.05, 0.1) is 30.6 Å². The number of halogens is 1. The van der Waals surface area contributed by atoms with E-state index in [1.165, 1.54) is 4.90 Å². The van der Waals surface area contributed by atoms with Crippen molar-refractivity contribution in [1.29, 1.82) is 0 Å². The molecule has 2 bridgehead atoms. The fourth-order valence-corrected chi connectivity index (χ4v) is 4.13. The zero-order valence-electron chi connectivity index (χ0n) is 13.3. The molecule has 4 rings (SSSR count). The van der Waals surface area contributed by atoms with Crippen LogP contribution >= 0.6 is 11.6 Å². The molecule has 0 radical (unpaired) electrons. The lowest BCUT2D eigenvalue weighted by molar-refractivity contribution is -0.143. The quantitative estimate of drug-likeness (QED) is 0.826. The SMILES string of the molecule is O=C(Nc1cccc(Cl)c1)OCCN1C(=O)C2C3CCC(O3)C2C1=O. The van der Waals surface area contributed by atoms with Gasteiger partial charge in [-0.25, -0.2) is 4.79 Å². The van der Waals surface area contributed by atoms with E-state index in [1.54, 1.807) is 24.3 Å². The summed E-state index contributed by atoms with van der Waals surface area (Å²) < 4.78 is 10.7. The van der Waals surface area contributed by atoms with Gasteiger partial charge in [0.2, 0.25) is 11.8 Å². The Labute approximate surface area is 149 Å². The summed E-state index contributed by atoms with van der Waals surface area (Å²) in [6, 6.07) is 6.66. The van der Waals surface area contributed by atoms with Crippen LogP contribution in [0, 0.1) is 11.8 Å². The van der Waals surface area contributed by atoms with Gasteiger partial charge in [-0.05, 0) is 31.0 Å². The molecule has 3 amide bonds. The molecule has 4 unspecified atom stereocenters. The predicted molar refractivity (Wildman–Crippen MR) is 88.0 cm³/mol. The first-order chi connectivity index (χ1) is 12.0. The van der Waals surface area contributed by atoms with E-state index in [9.17, 15) is 14.4 Å². The summed E-state index contributed by atoms with van der Waals surface area (Å²) in [7, 11) is 0. The number of ether oxygens (including phenoxy) is 2. The summed E-state index contributed by atoms with van der Waals surface area (Å²) in [6.45, 7) is 0.00653. The Hall–Kier alpha value is -2.12. The molecule has 3 saturated heterocycles. The van der Waals surface area contributed by atoms with Crippen LogP contribution in [0.25, 0.3) is 0 Å². The summed E-state index contributed by atoms with van der Waals surface area (Å²) in [5.41, 5.74) is 0.508. The molecular weight excluding hydrogens is 348 g/mol. The van der Waals surface area contributed by atoms with Gasteiger partial charge in [0.25, 0.3) is 0 Å². The van der Waals surface area contributed by atoms with E-state index in [0.717, 1.165) is 12.8 Å². The number of hydrogen-bond donors (Lipinski definition) is 1. The molecule has 1 aromatic rings. The van der Waals surface area contributed by atoms with Crippen LogP contribution in [-0.4, -0.2) is 48.2 Å². The van der Waals surface area contributed by atoms with Gasteiger partial charge in [-0.15, -0.1) is 0 Å². The highest BCUT2D eigenvalue weighted by molar-refractivity contribution is 6.30. The van der Waals surface area contributed by atoms with Crippen molar-refractivity contribution >= 4 is 35.2 Å². The molecule has 0 aromatic heterocycles. The van der Waals surface area contributed by atoms with E-state index in [0.29, 0.717) is 10.7 Å². The Bertz CT molecular complexity index is 712. The monoisotopic (exact) mass is 364 g/mol. The van der Waals surface area contributed by atoms with Crippen molar-refractivity contribution in [2.24, 2.45) is 11.8 Å². The average Bonchev–Trinajstić information content (AvgIpc) is 3.24. The smallest absolute Gasteiger partial charge is 0.411 e. The first-order valence-corrected chi connectivity index (χ1v) is 8.62. The van der Waals surface area contributed by atoms with Gasteiger partial charge in [0.1, 0.15) is 6.61 Å². The maximum absolute atomic E-state index is 12.4. The standard InChI is InChI=1S/C17H17ClN2O5/c18-9-2-1-3-10(8-9)19-17(23)24-7-6-20-15(21)13-11-4-5-12(25-11)14(13)16(20)22/h1-3,8,11-14H,4-7H2,(H,19,23). The van der Waals surface area contributed by atoms with Gasteiger partial charge in [-0.2, -0.15) is 0 Å². The number of nitrogens with zero attached hydrogens (tertiary/aromatic N) is 1. The molecular formula is C17H17ClN2O5. The molecule has 3 heterocycles. The van der Waals surface area contributed by atoms with Gasteiger partial charge in [-0.1, -0.05) is 17.7 Å². The van der Waals surface area contributed by atoms with E-state index in [1.807, 2.05) is 0 Å². The van der Waals surface area contributed by atoms with Crippen LogP contribution in [0.5, 0.6) is 0 Å². The van der Waals surface area contributed by atoms with Crippen molar-refractivity contribution in [3.8, 4) is 0 Å². The maximum Gasteiger partial charge on any atom is 0.411 e. The summed E-state index contributed by atoms with van der Waals surface area (Å²) in [5.74, 6) is -1.12. The van der Waals surface area contributed by atoms with Crippen LogP contribution in [-0.2, 0) is 19.1 Å². The molecule has 3 fully saturated rings. The Kier molecular flexibility index (Phi) is 4.13. The molecule has 3 aliphatic heterocycles. The third kappa shape index (κ3) is 2.87. The number of fused-ring (bicyclic) bond motifs is 5. The lowest BCUT2D eigenvalue weighted by Gasteiger charge is -2.17. The van der Waals surface area contributed by atoms with Crippen molar-refractivity contribution < 1.29 is 23.9 Å². The molecule has 8 heteroatoms. The van der Waals surface area contributed by atoms with E-state index in [2.05, 4.69) is 5.32 Å². The fraction of sp³-hybridized carbons (Fsp3) is 0.471. The number of carbonyl (C=O) groups is 3. The van der Waals surface area contributed by atoms with Gasteiger partial charge in [0, 0.05) is 10.7 Å². The normalized spacial score (nSPS) is 29.9. The fourth-order valence-electron chi connectivity index (χ4n) is 3.94. The third-order valence-corrected chi connectivity index (χ3v) is 5.23. The minimum atomic E-state index is -0.662. The van der Waals surface area contributed by atoms with Crippen molar-refractivity contribution in [3.05, 3.63) is 29.3 Å². The summed E-state index contributed by atoms with van der Waals surface area (Å²) >= 11 is 5.84. The van der Waals surface area contributed by atoms with E-state index in [-0.39, 0.29) is 49.0 Å². The molecule has 1 aromatic carbocycles.